The molecule has 0 bridgehead atoms. The number of nitrogens with one attached hydrogen (secondary N) is 1. The molecule has 0 radical (unpaired) electrons. The number of rotatable bonds is 5. The molecule has 1 aliphatic rings. The Labute approximate surface area is 180 Å². The molecule has 0 unspecified atom stereocenters. The first-order valence-corrected chi connectivity index (χ1v) is 11.4. The standard InChI is InChI=1S/C24H27N3O2S/c1-15(2)27-23(29)19-12-6-7-13-21(19)26-24(27)30-16(3)22(28)25-20-14-8-10-17-9-4-5-11-18(17)20/h4-7,9,11-13,15-16,20H,8,10,14H2,1-3H3,(H,25,28)/t16-,20-/m1/s1. The molecule has 1 aliphatic carbocycles. The molecule has 156 valence electrons. The van der Waals surface area contributed by atoms with E-state index in [1.807, 2.05) is 45.0 Å². The van der Waals surface area contributed by atoms with Gasteiger partial charge in [0.05, 0.1) is 22.2 Å². The summed E-state index contributed by atoms with van der Waals surface area (Å²) in [7, 11) is 0. The molecule has 0 saturated heterocycles. The van der Waals surface area contributed by atoms with Crippen molar-refractivity contribution in [2.45, 2.75) is 62.5 Å². The van der Waals surface area contributed by atoms with Crippen molar-refractivity contribution in [3.8, 4) is 0 Å². The number of aromatic nitrogens is 2. The molecule has 1 amide bonds. The summed E-state index contributed by atoms with van der Waals surface area (Å²) >= 11 is 1.35. The summed E-state index contributed by atoms with van der Waals surface area (Å²) in [5, 5.41) is 4.04. The number of carbonyl (C=O) groups is 1. The van der Waals surface area contributed by atoms with Crippen molar-refractivity contribution >= 4 is 28.6 Å². The van der Waals surface area contributed by atoms with Gasteiger partial charge in [-0.3, -0.25) is 14.2 Å². The Morgan fingerprint density at radius 3 is 2.67 bits per heavy atom. The Morgan fingerprint density at radius 1 is 1.13 bits per heavy atom. The second kappa shape index (κ2) is 8.64. The van der Waals surface area contributed by atoms with Gasteiger partial charge in [0.2, 0.25) is 5.91 Å². The van der Waals surface area contributed by atoms with Gasteiger partial charge in [0, 0.05) is 6.04 Å². The van der Waals surface area contributed by atoms with Crippen molar-refractivity contribution in [2.75, 3.05) is 0 Å². The smallest absolute Gasteiger partial charge is 0.262 e. The van der Waals surface area contributed by atoms with Gasteiger partial charge in [0.25, 0.3) is 5.56 Å². The lowest BCUT2D eigenvalue weighted by Crippen LogP contribution is -2.36. The lowest BCUT2D eigenvalue weighted by atomic mass is 9.88. The number of hydrogen-bond acceptors (Lipinski definition) is 4. The lowest BCUT2D eigenvalue weighted by Gasteiger charge is -2.27. The Morgan fingerprint density at radius 2 is 1.87 bits per heavy atom. The minimum atomic E-state index is -0.364. The van der Waals surface area contributed by atoms with Crippen LogP contribution in [0.1, 0.15) is 56.8 Å². The van der Waals surface area contributed by atoms with E-state index in [-0.39, 0.29) is 28.8 Å². The summed E-state index contributed by atoms with van der Waals surface area (Å²) in [5.41, 5.74) is 3.14. The molecule has 3 aromatic rings. The first-order chi connectivity index (χ1) is 14.5. The molecule has 4 rings (SSSR count). The maximum Gasteiger partial charge on any atom is 0.262 e. The Balaban J connectivity index is 1.58. The number of benzene rings is 2. The van der Waals surface area contributed by atoms with Gasteiger partial charge in [0.1, 0.15) is 0 Å². The molecule has 0 aliphatic heterocycles. The summed E-state index contributed by atoms with van der Waals surface area (Å²) in [6, 6.07) is 15.7. The van der Waals surface area contributed by atoms with Crippen molar-refractivity contribution in [1.29, 1.82) is 0 Å². The molecule has 30 heavy (non-hydrogen) atoms. The SMILES string of the molecule is CC(C)n1c(S[C@H](C)C(=O)N[C@@H]2CCCc3ccccc32)nc2ccccc2c1=O. The van der Waals surface area contributed by atoms with Crippen LogP contribution in [0.3, 0.4) is 0 Å². The molecule has 0 spiro atoms. The minimum Gasteiger partial charge on any atom is -0.348 e. The topological polar surface area (TPSA) is 64.0 Å². The average Bonchev–Trinajstić information content (AvgIpc) is 2.74. The Kier molecular flexibility index (Phi) is 5.95. The quantitative estimate of drug-likeness (QED) is 0.481. The summed E-state index contributed by atoms with van der Waals surface area (Å²) in [6.45, 7) is 5.80. The lowest BCUT2D eigenvalue weighted by molar-refractivity contribution is -0.121. The fraction of sp³-hybridized carbons (Fsp3) is 0.375. The highest BCUT2D eigenvalue weighted by molar-refractivity contribution is 8.00. The number of thioether (sulfide) groups is 1. The van der Waals surface area contributed by atoms with Crippen molar-refractivity contribution in [3.05, 3.63) is 70.0 Å². The van der Waals surface area contributed by atoms with Crippen molar-refractivity contribution in [2.24, 2.45) is 0 Å². The predicted octanol–water partition coefficient (Wildman–Crippen LogP) is 4.65. The predicted molar refractivity (Wildman–Crippen MR) is 122 cm³/mol. The van der Waals surface area contributed by atoms with Crippen molar-refractivity contribution in [3.63, 3.8) is 0 Å². The highest BCUT2D eigenvalue weighted by atomic mass is 32.2. The highest BCUT2D eigenvalue weighted by Crippen LogP contribution is 2.31. The van der Waals surface area contributed by atoms with E-state index < -0.39 is 0 Å². The minimum absolute atomic E-state index is 0.0283. The number of para-hydroxylation sites is 1. The molecule has 0 saturated carbocycles. The molecule has 1 aromatic heterocycles. The number of hydrogen-bond donors (Lipinski definition) is 1. The Bertz CT molecular complexity index is 1140. The molecule has 2 aromatic carbocycles. The maximum atomic E-state index is 13.0. The fourth-order valence-corrected chi connectivity index (χ4v) is 5.12. The summed E-state index contributed by atoms with van der Waals surface area (Å²) in [6.07, 6.45) is 3.09. The zero-order valence-corrected chi connectivity index (χ0v) is 18.4. The second-order valence-electron chi connectivity index (χ2n) is 8.09. The highest BCUT2D eigenvalue weighted by Gasteiger charge is 2.25. The van der Waals surface area contributed by atoms with Gasteiger partial charge in [-0.15, -0.1) is 0 Å². The normalized spacial score (nSPS) is 17.0. The van der Waals surface area contributed by atoms with Crippen LogP contribution < -0.4 is 10.9 Å². The molecular weight excluding hydrogens is 394 g/mol. The molecule has 2 atom stereocenters. The van der Waals surface area contributed by atoms with Gasteiger partial charge >= 0.3 is 0 Å². The molecule has 0 fully saturated rings. The van der Waals surface area contributed by atoms with E-state index in [4.69, 9.17) is 4.98 Å². The van der Waals surface area contributed by atoms with Crippen LogP contribution in [-0.2, 0) is 11.2 Å². The second-order valence-corrected chi connectivity index (χ2v) is 9.40. The van der Waals surface area contributed by atoms with E-state index in [9.17, 15) is 9.59 Å². The summed E-state index contributed by atoms with van der Waals surface area (Å²) < 4.78 is 1.69. The average molecular weight is 422 g/mol. The van der Waals surface area contributed by atoms with E-state index in [1.54, 1.807) is 10.6 Å². The zero-order chi connectivity index (χ0) is 21.3. The Hall–Kier alpha value is -2.60. The van der Waals surface area contributed by atoms with Crippen molar-refractivity contribution in [1.82, 2.24) is 14.9 Å². The number of fused-ring (bicyclic) bond motifs is 2. The van der Waals surface area contributed by atoms with Gasteiger partial charge < -0.3 is 5.32 Å². The molecular formula is C24H27N3O2S. The van der Waals surface area contributed by atoms with Gasteiger partial charge in [-0.2, -0.15) is 0 Å². The van der Waals surface area contributed by atoms with Crippen LogP contribution in [0.25, 0.3) is 10.9 Å². The van der Waals surface area contributed by atoms with Gasteiger partial charge in [-0.25, -0.2) is 4.98 Å². The van der Waals surface area contributed by atoms with Gasteiger partial charge in [0.15, 0.2) is 5.16 Å². The molecule has 6 heteroatoms. The number of aryl methyl sites for hydroxylation is 1. The van der Waals surface area contributed by atoms with E-state index in [0.29, 0.717) is 16.1 Å². The largest absolute Gasteiger partial charge is 0.348 e. The molecule has 5 nitrogen and oxygen atoms in total. The molecule has 1 N–H and O–H groups in total. The van der Waals surface area contributed by atoms with Crippen LogP contribution in [0, 0.1) is 0 Å². The van der Waals surface area contributed by atoms with Crippen LogP contribution in [0.2, 0.25) is 0 Å². The third-order valence-corrected chi connectivity index (χ3v) is 6.70. The third-order valence-electron chi connectivity index (χ3n) is 5.63. The van der Waals surface area contributed by atoms with E-state index >= 15 is 0 Å². The van der Waals surface area contributed by atoms with E-state index in [0.717, 1.165) is 19.3 Å². The zero-order valence-electron chi connectivity index (χ0n) is 17.6. The van der Waals surface area contributed by atoms with Crippen LogP contribution >= 0.6 is 11.8 Å². The first-order valence-electron chi connectivity index (χ1n) is 10.5. The van der Waals surface area contributed by atoms with Gasteiger partial charge in [-0.1, -0.05) is 48.2 Å². The van der Waals surface area contributed by atoms with E-state index in [1.165, 1.54) is 22.9 Å². The van der Waals surface area contributed by atoms with Gasteiger partial charge in [-0.05, 0) is 63.3 Å². The van der Waals surface area contributed by atoms with Crippen LogP contribution in [-0.4, -0.2) is 20.7 Å². The summed E-state index contributed by atoms with van der Waals surface area (Å²) in [4.78, 5) is 30.7. The first kappa shape index (κ1) is 20.7. The number of carbonyl (C=O) groups excluding carboxylic acids is 1. The summed E-state index contributed by atoms with van der Waals surface area (Å²) in [5.74, 6) is -0.0283. The number of nitrogens with zero attached hydrogens (tertiary/aromatic N) is 2. The van der Waals surface area contributed by atoms with E-state index in [2.05, 4.69) is 23.5 Å². The monoisotopic (exact) mass is 421 g/mol. The fourth-order valence-electron chi connectivity index (χ4n) is 4.07. The number of amides is 1. The third kappa shape index (κ3) is 4.01. The van der Waals surface area contributed by atoms with Crippen LogP contribution in [0.4, 0.5) is 0 Å². The maximum absolute atomic E-state index is 13.0. The molecule has 1 heterocycles. The van der Waals surface area contributed by atoms with Crippen molar-refractivity contribution < 1.29 is 4.79 Å². The van der Waals surface area contributed by atoms with Crippen LogP contribution in [0.15, 0.2) is 58.5 Å². The van der Waals surface area contributed by atoms with Crippen LogP contribution in [0.5, 0.6) is 0 Å².